The maximum absolute atomic E-state index is 12.1. The van der Waals surface area contributed by atoms with Crippen molar-refractivity contribution in [3.8, 4) is 0 Å². The highest BCUT2D eigenvalue weighted by atomic mass is 32.1. The van der Waals surface area contributed by atoms with E-state index in [0.717, 1.165) is 4.88 Å². The Balaban J connectivity index is 2.67. The molecular weight excluding hydrogens is 248 g/mol. The van der Waals surface area contributed by atoms with Gasteiger partial charge in [0, 0.05) is 17.5 Å². The Labute approximate surface area is 112 Å². The van der Waals surface area contributed by atoms with Gasteiger partial charge in [0.2, 0.25) is 5.91 Å². The summed E-state index contributed by atoms with van der Waals surface area (Å²) in [5, 5.41) is 13.9. The molecule has 0 bridgehead atoms. The summed E-state index contributed by atoms with van der Waals surface area (Å²) >= 11 is 1.47. The summed E-state index contributed by atoms with van der Waals surface area (Å²) in [6, 6.07) is 3.02. The van der Waals surface area contributed by atoms with Crippen LogP contribution in [0.25, 0.3) is 0 Å². The summed E-state index contributed by atoms with van der Waals surface area (Å²) in [6.07, 6.45) is 0.534. The lowest BCUT2D eigenvalue weighted by Crippen LogP contribution is -2.47. The molecule has 4 N–H and O–H groups in total. The van der Waals surface area contributed by atoms with Gasteiger partial charge in [-0.1, -0.05) is 26.8 Å². The number of aliphatic hydroxyl groups is 1. The van der Waals surface area contributed by atoms with E-state index in [1.165, 1.54) is 11.3 Å². The van der Waals surface area contributed by atoms with Gasteiger partial charge in [0.25, 0.3) is 0 Å². The third-order valence-electron chi connectivity index (χ3n) is 2.91. The molecule has 5 heteroatoms. The Morgan fingerprint density at radius 1 is 1.56 bits per heavy atom. The maximum atomic E-state index is 12.1. The highest BCUT2D eigenvalue weighted by molar-refractivity contribution is 7.10. The highest BCUT2D eigenvalue weighted by Gasteiger charge is 2.28. The van der Waals surface area contributed by atoms with Crippen LogP contribution in [0, 0.1) is 5.41 Å². The number of thiophene rings is 1. The standard InChI is InChI=1S/C13H22N2O2S/c1-13(2,3)10(6-7-16)15-12(17)11(14)9-5-4-8-18-9/h4-5,8,10-11,16H,6-7,14H2,1-3H3,(H,15,17). The van der Waals surface area contributed by atoms with E-state index in [2.05, 4.69) is 5.32 Å². The first-order valence-electron chi connectivity index (χ1n) is 6.06. The fraction of sp³-hybridized carbons (Fsp3) is 0.615. The number of hydrogen-bond donors (Lipinski definition) is 3. The maximum Gasteiger partial charge on any atom is 0.242 e. The van der Waals surface area contributed by atoms with Crippen molar-refractivity contribution in [1.29, 1.82) is 0 Å². The molecule has 0 aromatic carbocycles. The molecule has 18 heavy (non-hydrogen) atoms. The predicted molar refractivity (Wildman–Crippen MR) is 74.3 cm³/mol. The smallest absolute Gasteiger partial charge is 0.242 e. The van der Waals surface area contributed by atoms with Crippen LogP contribution in [0.15, 0.2) is 17.5 Å². The van der Waals surface area contributed by atoms with E-state index >= 15 is 0 Å². The summed E-state index contributed by atoms with van der Waals surface area (Å²) in [4.78, 5) is 12.9. The van der Waals surface area contributed by atoms with Crippen LogP contribution in [0.3, 0.4) is 0 Å². The summed E-state index contributed by atoms with van der Waals surface area (Å²) in [6.45, 7) is 6.15. The zero-order valence-electron chi connectivity index (χ0n) is 11.1. The summed E-state index contributed by atoms with van der Waals surface area (Å²) in [7, 11) is 0. The second-order valence-electron chi connectivity index (χ2n) is 5.43. The number of hydrogen-bond acceptors (Lipinski definition) is 4. The van der Waals surface area contributed by atoms with E-state index in [0.29, 0.717) is 6.42 Å². The molecule has 0 spiro atoms. The fourth-order valence-electron chi connectivity index (χ4n) is 1.71. The van der Waals surface area contributed by atoms with Gasteiger partial charge in [0.1, 0.15) is 6.04 Å². The minimum Gasteiger partial charge on any atom is -0.396 e. The molecule has 2 unspecified atom stereocenters. The average Bonchev–Trinajstić information content (AvgIpc) is 2.79. The van der Waals surface area contributed by atoms with Crippen LogP contribution in [0.5, 0.6) is 0 Å². The van der Waals surface area contributed by atoms with Crippen LogP contribution < -0.4 is 11.1 Å². The monoisotopic (exact) mass is 270 g/mol. The van der Waals surface area contributed by atoms with E-state index in [1.807, 2.05) is 38.3 Å². The topological polar surface area (TPSA) is 75.3 Å². The Morgan fingerprint density at radius 3 is 2.67 bits per heavy atom. The Kier molecular flexibility index (Phi) is 5.31. The number of aliphatic hydroxyl groups excluding tert-OH is 1. The van der Waals surface area contributed by atoms with Gasteiger partial charge in [-0.15, -0.1) is 11.3 Å². The zero-order chi connectivity index (χ0) is 13.8. The van der Waals surface area contributed by atoms with Crippen LogP contribution in [-0.2, 0) is 4.79 Å². The van der Waals surface area contributed by atoms with E-state index in [-0.39, 0.29) is 24.0 Å². The first-order chi connectivity index (χ1) is 8.36. The molecule has 1 aromatic rings. The first kappa shape index (κ1) is 15.1. The molecule has 1 rings (SSSR count). The minimum atomic E-state index is -0.631. The second kappa shape index (κ2) is 6.31. The van der Waals surface area contributed by atoms with Gasteiger partial charge >= 0.3 is 0 Å². The Hall–Kier alpha value is -0.910. The molecule has 0 aliphatic heterocycles. The normalized spacial score (nSPS) is 15.2. The molecule has 0 aliphatic carbocycles. The minimum absolute atomic E-state index is 0.0520. The van der Waals surface area contributed by atoms with Crippen LogP contribution >= 0.6 is 11.3 Å². The van der Waals surface area contributed by atoms with E-state index in [9.17, 15) is 4.79 Å². The molecular formula is C13H22N2O2S. The summed E-state index contributed by atoms with van der Waals surface area (Å²) in [5.74, 6) is -0.189. The predicted octanol–water partition coefficient (Wildman–Crippen LogP) is 1.66. The average molecular weight is 270 g/mol. The van der Waals surface area contributed by atoms with E-state index in [4.69, 9.17) is 10.8 Å². The van der Waals surface area contributed by atoms with Crippen LogP contribution in [0.4, 0.5) is 0 Å². The molecule has 1 heterocycles. The fourth-order valence-corrected chi connectivity index (χ4v) is 2.43. The first-order valence-corrected chi connectivity index (χ1v) is 6.94. The molecule has 1 amide bonds. The lowest BCUT2D eigenvalue weighted by molar-refractivity contribution is -0.124. The summed E-state index contributed by atoms with van der Waals surface area (Å²) in [5.41, 5.74) is 5.80. The van der Waals surface area contributed by atoms with Crippen LogP contribution in [0.2, 0.25) is 0 Å². The van der Waals surface area contributed by atoms with Gasteiger partial charge < -0.3 is 16.2 Å². The lowest BCUT2D eigenvalue weighted by atomic mass is 9.84. The Bertz CT molecular complexity index is 371. The van der Waals surface area contributed by atoms with Gasteiger partial charge in [-0.3, -0.25) is 4.79 Å². The third-order valence-corrected chi connectivity index (χ3v) is 3.87. The highest BCUT2D eigenvalue weighted by Crippen LogP contribution is 2.23. The van der Waals surface area contributed by atoms with Crippen molar-refractivity contribution in [3.63, 3.8) is 0 Å². The SMILES string of the molecule is CC(C)(C)C(CCO)NC(=O)C(N)c1cccs1. The van der Waals surface area contributed by atoms with Gasteiger partial charge in [-0.2, -0.15) is 0 Å². The van der Waals surface area contributed by atoms with Crippen molar-refractivity contribution >= 4 is 17.2 Å². The van der Waals surface area contributed by atoms with Gasteiger partial charge in [0.15, 0.2) is 0 Å². The zero-order valence-corrected chi connectivity index (χ0v) is 12.0. The van der Waals surface area contributed by atoms with Gasteiger partial charge in [-0.05, 0) is 23.3 Å². The van der Waals surface area contributed by atoms with Crippen LogP contribution in [-0.4, -0.2) is 23.7 Å². The van der Waals surface area contributed by atoms with Crippen molar-refractivity contribution < 1.29 is 9.90 Å². The number of carbonyl (C=O) groups is 1. The third kappa shape index (κ3) is 4.08. The Morgan fingerprint density at radius 2 is 2.22 bits per heavy atom. The molecule has 0 fully saturated rings. The number of amides is 1. The van der Waals surface area contributed by atoms with E-state index in [1.54, 1.807) is 0 Å². The summed E-state index contributed by atoms with van der Waals surface area (Å²) < 4.78 is 0. The molecule has 0 saturated heterocycles. The molecule has 0 saturated carbocycles. The molecule has 0 radical (unpaired) electrons. The van der Waals surface area contributed by atoms with Crippen molar-refractivity contribution in [3.05, 3.63) is 22.4 Å². The van der Waals surface area contributed by atoms with Crippen molar-refractivity contribution in [1.82, 2.24) is 5.32 Å². The number of carbonyl (C=O) groups excluding carboxylic acids is 1. The largest absolute Gasteiger partial charge is 0.396 e. The molecule has 102 valence electrons. The van der Waals surface area contributed by atoms with Crippen molar-refractivity contribution in [2.45, 2.75) is 39.3 Å². The van der Waals surface area contributed by atoms with Gasteiger partial charge in [0.05, 0.1) is 0 Å². The van der Waals surface area contributed by atoms with Gasteiger partial charge in [-0.25, -0.2) is 0 Å². The molecule has 0 aliphatic rings. The number of nitrogens with two attached hydrogens (primary N) is 1. The molecule has 4 nitrogen and oxygen atoms in total. The molecule has 2 atom stereocenters. The van der Waals surface area contributed by atoms with E-state index < -0.39 is 6.04 Å². The number of rotatable bonds is 5. The quantitative estimate of drug-likeness (QED) is 0.761. The van der Waals surface area contributed by atoms with Crippen molar-refractivity contribution in [2.75, 3.05) is 6.61 Å². The second-order valence-corrected chi connectivity index (χ2v) is 6.41. The van der Waals surface area contributed by atoms with Crippen LogP contribution in [0.1, 0.15) is 38.1 Å². The number of nitrogens with one attached hydrogen (secondary N) is 1. The van der Waals surface area contributed by atoms with Crippen molar-refractivity contribution in [2.24, 2.45) is 11.1 Å². The molecule has 1 aromatic heterocycles. The lowest BCUT2D eigenvalue weighted by Gasteiger charge is -2.31.